The number of para-hydroxylation sites is 2. The number of amides is 2. The van der Waals surface area contributed by atoms with Crippen LogP contribution in [0.2, 0.25) is 0 Å². The SMILES string of the molecule is CCC(CC)NC(=O)Nc1ccc(-c2nc3ccccc3o2)cc1. The first-order valence-corrected chi connectivity index (χ1v) is 8.23. The zero-order valence-electron chi connectivity index (χ0n) is 13.9. The lowest BCUT2D eigenvalue weighted by molar-refractivity contribution is 0.247. The second-order valence-corrected chi connectivity index (χ2v) is 5.68. The summed E-state index contributed by atoms with van der Waals surface area (Å²) < 4.78 is 5.75. The van der Waals surface area contributed by atoms with Gasteiger partial charge in [0.2, 0.25) is 5.89 Å². The molecular weight excluding hydrogens is 302 g/mol. The van der Waals surface area contributed by atoms with Crippen molar-refractivity contribution < 1.29 is 9.21 Å². The molecule has 1 aromatic heterocycles. The highest BCUT2D eigenvalue weighted by atomic mass is 16.3. The first-order chi connectivity index (χ1) is 11.7. The van der Waals surface area contributed by atoms with Gasteiger partial charge in [-0.25, -0.2) is 9.78 Å². The molecule has 0 atom stereocenters. The molecule has 0 radical (unpaired) electrons. The lowest BCUT2D eigenvalue weighted by atomic mass is 10.2. The smallest absolute Gasteiger partial charge is 0.319 e. The minimum Gasteiger partial charge on any atom is -0.436 e. The lowest BCUT2D eigenvalue weighted by Crippen LogP contribution is -2.37. The molecule has 0 aliphatic carbocycles. The Kier molecular flexibility index (Phi) is 4.79. The van der Waals surface area contributed by atoms with E-state index in [1.54, 1.807) is 0 Å². The van der Waals surface area contributed by atoms with Crippen LogP contribution in [-0.2, 0) is 0 Å². The van der Waals surface area contributed by atoms with Gasteiger partial charge in [0.15, 0.2) is 5.58 Å². The van der Waals surface area contributed by atoms with Gasteiger partial charge in [-0.2, -0.15) is 0 Å². The fourth-order valence-corrected chi connectivity index (χ4v) is 2.54. The highest BCUT2D eigenvalue weighted by molar-refractivity contribution is 5.89. The number of carbonyl (C=O) groups excluding carboxylic acids is 1. The maximum absolute atomic E-state index is 12.0. The van der Waals surface area contributed by atoms with Gasteiger partial charge in [0.25, 0.3) is 0 Å². The summed E-state index contributed by atoms with van der Waals surface area (Å²) in [6, 6.07) is 15.1. The van der Waals surface area contributed by atoms with E-state index in [-0.39, 0.29) is 12.1 Å². The van der Waals surface area contributed by atoms with Gasteiger partial charge in [-0.15, -0.1) is 0 Å². The Morgan fingerprint density at radius 2 is 1.79 bits per heavy atom. The number of benzene rings is 2. The second-order valence-electron chi connectivity index (χ2n) is 5.68. The van der Waals surface area contributed by atoms with Crippen molar-refractivity contribution in [2.75, 3.05) is 5.32 Å². The van der Waals surface area contributed by atoms with Crippen LogP contribution in [0.5, 0.6) is 0 Å². The van der Waals surface area contributed by atoms with Gasteiger partial charge in [0.1, 0.15) is 5.52 Å². The van der Waals surface area contributed by atoms with Gasteiger partial charge in [-0.05, 0) is 49.2 Å². The standard InChI is InChI=1S/C19H21N3O2/c1-3-14(4-2)20-19(23)21-15-11-9-13(10-12-15)18-22-16-7-5-6-8-17(16)24-18/h5-12,14H,3-4H2,1-2H3,(H2,20,21,23). The fraction of sp³-hybridized carbons (Fsp3) is 0.263. The monoisotopic (exact) mass is 323 g/mol. The van der Waals surface area contributed by atoms with Gasteiger partial charge in [-0.1, -0.05) is 26.0 Å². The third-order valence-electron chi connectivity index (χ3n) is 4.00. The topological polar surface area (TPSA) is 67.2 Å². The molecule has 124 valence electrons. The van der Waals surface area contributed by atoms with Crippen molar-refractivity contribution in [3.8, 4) is 11.5 Å². The van der Waals surface area contributed by atoms with E-state index in [1.165, 1.54) is 0 Å². The molecule has 0 fully saturated rings. The van der Waals surface area contributed by atoms with Crippen LogP contribution < -0.4 is 10.6 Å². The summed E-state index contributed by atoms with van der Waals surface area (Å²) in [5.74, 6) is 0.573. The molecule has 0 aliphatic rings. The minimum absolute atomic E-state index is 0.182. The molecule has 5 nitrogen and oxygen atoms in total. The molecule has 0 saturated carbocycles. The maximum atomic E-state index is 12.0. The van der Waals surface area contributed by atoms with E-state index < -0.39 is 0 Å². The van der Waals surface area contributed by atoms with Crippen LogP contribution in [0.4, 0.5) is 10.5 Å². The van der Waals surface area contributed by atoms with Gasteiger partial charge in [0.05, 0.1) is 0 Å². The van der Waals surface area contributed by atoms with Crippen LogP contribution in [0.15, 0.2) is 52.9 Å². The number of hydrogen-bond acceptors (Lipinski definition) is 3. The second kappa shape index (κ2) is 7.17. The summed E-state index contributed by atoms with van der Waals surface area (Å²) in [6.07, 6.45) is 1.83. The Bertz CT molecular complexity index is 787. The number of fused-ring (bicyclic) bond motifs is 1. The van der Waals surface area contributed by atoms with E-state index in [9.17, 15) is 4.79 Å². The van der Waals surface area contributed by atoms with Crippen LogP contribution in [0.3, 0.4) is 0 Å². The molecule has 3 rings (SSSR count). The number of nitrogens with zero attached hydrogens (tertiary/aromatic N) is 1. The Hall–Kier alpha value is -2.82. The molecule has 0 unspecified atom stereocenters. The van der Waals surface area contributed by atoms with Crippen molar-refractivity contribution in [1.82, 2.24) is 10.3 Å². The average Bonchev–Trinajstić information content (AvgIpc) is 3.04. The molecule has 2 N–H and O–H groups in total. The largest absolute Gasteiger partial charge is 0.436 e. The molecular formula is C19H21N3O2. The van der Waals surface area contributed by atoms with Crippen LogP contribution in [-0.4, -0.2) is 17.1 Å². The van der Waals surface area contributed by atoms with Crippen molar-refractivity contribution in [2.45, 2.75) is 32.7 Å². The third kappa shape index (κ3) is 3.56. The highest BCUT2D eigenvalue weighted by Crippen LogP contribution is 2.25. The van der Waals surface area contributed by atoms with Crippen molar-refractivity contribution in [1.29, 1.82) is 0 Å². The van der Waals surface area contributed by atoms with E-state index in [2.05, 4.69) is 29.5 Å². The lowest BCUT2D eigenvalue weighted by Gasteiger charge is -2.15. The van der Waals surface area contributed by atoms with E-state index in [1.807, 2.05) is 48.5 Å². The zero-order valence-corrected chi connectivity index (χ0v) is 13.9. The quantitative estimate of drug-likeness (QED) is 0.708. The van der Waals surface area contributed by atoms with E-state index in [0.29, 0.717) is 5.89 Å². The number of nitrogens with one attached hydrogen (secondary N) is 2. The van der Waals surface area contributed by atoms with Gasteiger partial charge < -0.3 is 15.1 Å². The van der Waals surface area contributed by atoms with Crippen molar-refractivity contribution in [3.05, 3.63) is 48.5 Å². The molecule has 3 aromatic rings. The number of carbonyl (C=O) groups is 1. The Balaban J connectivity index is 1.70. The van der Waals surface area contributed by atoms with Crippen LogP contribution >= 0.6 is 0 Å². The number of anilines is 1. The summed E-state index contributed by atoms with van der Waals surface area (Å²) in [5.41, 5.74) is 3.20. The van der Waals surface area contributed by atoms with Gasteiger partial charge in [-0.3, -0.25) is 0 Å². The molecule has 0 bridgehead atoms. The Morgan fingerprint density at radius 1 is 1.08 bits per heavy atom. The summed E-state index contributed by atoms with van der Waals surface area (Å²) in [5, 5.41) is 5.79. The predicted octanol–water partition coefficient (Wildman–Crippen LogP) is 4.80. The van der Waals surface area contributed by atoms with E-state index in [4.69, 9.17) is 4.42 Å². The third-order valence-corrected chi connectivity index (χ3v) is 4.00. The van der Waals surface area contributed by atoms with Gasteiger partial charge in [0, 0.05) is 17.3 Å². The number of rotatable bonds is 5. The van der Waals surface area contributed by atoms with Crippen molar-refractivity contribution in [3.63, 3.8) is 0 Å². The van der Waals surface area contributed by atoms with E-state index in [0.717, 1.165) is 35.2 Å². The molecule has 24 heavy (non-hydrogen) atoms. The van der Waals surface area contributed by atoms with Crippen LogP contribution in [0.1, 0.15) is 26.7 Å². The predicted molar refractivity (Wildman–Crippen MR) is 96.0 cm³/mol. The molecule has 2 amide bonds. The van der Waals surface area contributed by atoms with Gasteiger partial charge >= 0.3 is 6.03 Å². The highest BCUT2D eigenvalue weighted by Gasteiger charge is 2.10. The normalized spacial score (nSPS) is 11.0. The first-order valence-electron chi connectivity index (χ1n) is 8.23. The molecule has 0 aliphatic heterocycles. The summed E-state index contributed by atoms with van der Waals surface area (Å²) in [4.78, 5) is 16.4. The fourth-order valence-electron chi connectivity index (χ4n) is 2.54. The molecule has 2 aromatic carbocycles. The summed E-state index contributed by atoms with van der Waals surface area (Å²) in [6.45, 7) is 4.12. The molecule has 0 spiro atoms. The molecule has 0 saturated heterocycles. The summed E-state index contributed by atoms with van der Waals surface area (Å²) >= 11 is 0. The van der Waals surface area contributed by atoms with Crippen LogP contribution in [0.25, 0.3) is 22.6 Å². The number of urea groups is 1. The number of oxazole rings is 1. The number of hydrogen-bond donors (Lipinski definition) is 2. The van der Waals surface area contributed by atoms with Crippen molar-refractivity contribution >= 4 is 22.8 Å². The number of aromatic nitrogens is 1. The van der Waals surface area contributed by atoms with E-state index >= 15 is 0 Å². The maximum Gasteiger partial charge on any atom is 0.319 e. The van der Waals surface area contributed by atoms with Crippen LogP contribution in [0, 0.1) is 0 Å². The average molecular weight is 323 g/mol. The summed E-state index contributed by atoms with van der Waals surface area (Å²) in [7, 11) is 0. The Labute approximate surface area is 141 Å². The first kappa shape index (κ1) is 16.1. The zero-order chi connectivity index (χ0) is 16.9. The van der Waals surface area contributed by atoms with Crippen molar-refractivity contribution in [2.24, 2.45) is 0 Å². The molecule has 5 heteroatoms. The Morgan fingerprint density at radius 3 is 2.46 bits per heavy atom. The molecule has 1 heterocycles. The minimum atomic E-state index is -0.182.